The van der Waals surface area contributed by atoms with Gasteiger partial charge in [-0.3, -0.25) is 0 Å². The average Bonchev–Trinajstić information content (AvgIpc) is 2.63. The molecule has 8 nitrogen and oxygen atoms in total. The lowest BCUT2D eigenvalue weighted by molar-refractivity contribution is 0.144. The number of aromatic nitrogens is 3. The van der Waals surface area contributed by atoms with Gasteiger partial charge in [0, 0.05) is 37.9 Å². The molecule has 3 rings (SSSR count). The molecule has 132 valence electrons. The van der Waals surface area contributed by atoms with Crippen LogP contribution in [0.5, 0.6) is 5.88 Å². The smallest absolute Gasteiger partial charge is 0.322 e. The highest BCUT2D eigenvalue weighted by molar-refractivity contribution is 5.89. The summed E-state index contributed by atoms with van der Waals surface area (Å²) >= 11 is 0. The first-order chi connectivity index (χ1) is 12.2. The van der Waals surface area contributed by atoms with Crippen LogP contribution < -0.4 is 10.1 Å². The summed E-state index contributed by atoms with van der Waals surface area (Å²) in [5.41, 5.74) is 2.64. The SMILES string of the molecule is COCCOc1ccc(NC(=O)N2CCc3nc(C)ncc3C2)cn1. The van der Waals surface area contributed by atoms with Gasteiger partial charge in [0.2, 0.25) is 5.88 Å². The van der Waals surface area contributed by atoms with Crippen LogP contribution in [0.25, 0.3) is 0 Å². The second-order valence-electron chi connectivity index (χ2n) is 5.72. The lowest BCUT2D eigenvalue weighted by atomic mass is 10.1. The van der Waals surface area contributed by atoms with Crippen LogP contribution in [-0.4, -0.2) is 52.8 Å². The number of aryl methyl sites for hydroxylation is 1. The van der Waals surface area contributed by atoms with Crippen LogP contribution >= 0.6 is 0 Å². The molecule has 1 N–H and O–H groups in total. The van der Waals surface area contributed by atoms with Crippen molar-refractivity contribution >= 4 is 11.7 Å². The Labute approximate surface area is 146 Å². The lowest BCUT2D eigenvalue weighted by Gasteiger charge is -2.28. The van der Waals surface area contributed by atoms with Crippen LogP contribution in [0, 0.1) is 6.92 Å². The molecule has 0 atom stereocenters. The molecule has 0 spiro atoms. The first-order valence-electron chi connectivity index (χ1n) is 8.11. The predicted octanol–water partition coefficient (Wildman–Crippen LogP) is 1.80. The number of pyridine rings is 1. The van der Waals surface area contributed by atoms with Crippen LogP contribution in [0.4, 0.5) is 10.5 Å². The van der Waals surface area contributed by atoms with E-state index in [1.54, 1.807) is 36.5 Å². The molecule has 2 amide bonds. The number of ether oxygens (including phenoxy) is 2. The van der Waals surface area contributed by atoms with E-state index in [1.165, 1.54) is 0 Å². The first-order valence-corrected chi connectivity index (χ1v) is 8.11. The van der Waals surface area contributed by atoms with Crippen molar-refractivity contribution in [1.29, 1.82) is 0 Å². The number of urea groups is 1. The molecule has 1 aliphatic heterocycles. The average molecular weight is 343 g/mol. The molecule has 8 heteroatoms. The monoisotopic (exact) mass is 343 g/mol. The third kappa shape index (κ3) is 4.42. The second kappa shape index (κ2) is 7.89. The number of nitrogens with zero attached hydrogens (tertiary/aromatic N) is 4. The van der Waals surface area contributed by atoms with Crippen molar-refractivity contribution in [3.05, 3.63) is 41.6 Å². The van der Waals surface area contributed by atoms with E-state index in [2.05, 4.69) is 20.3 Å². The van der Waals surface area contributed by atoms with Gasteiger partial charge in [0.15, 0.2) is 0 Å². The van der Waals surface area contributed by atoms with Gasteiger partial charge in [0.25, 0.3) is 0 Å². The number of nitrogens with one attached hydrogen (secondary N) is 1. The van der Waals surface area contributed by atoms with Crippen molar-refractivity contribution in [2.45, 2.75) is 19.9 Å². The van der Waals surface area contributed by atoms with Crippen LogP contribution in [0.3, 0.4) is 0 Å². The molecule has 0 radical (unpaired) electrons. The molecule has 2 aromatic rings. The number of amides is 2. The van der Waals surface area contributed by atoms with E-state index < -0.39 is 0 Å². The Bertz CT molecular complexity index is 736. The van der Waals surface area contributed by atoms with E-state index in [9.17, 15) is 4.79 Å². The van der Waals surface area contributed by atoms with Gasteiger partial charge < -0.3 is 19.7 Å². The van der Waals surface area contributed by atoms with Gasteiger partial charge in [0.1, 0.15) is 12.4 Å². The summed E-state index contributed by atoms with van der Waals surface area (Å²) in [6.45, 7) is 3.94. The second-order valence-corrected chi connectivity index (χ2v) is 5.72. The summed E-state index contributed by atoms with van der Waals surface area (Å²) in [5, 5.41) is 2.85. The molecule has 0 bridgehead atoms. The third-order valence-corrected chi connectivity index (χ3v) is 3.87. The molecule has 25 heavy (non-hydrogen) atoms. The van der Waals surface area contributed by atoms with E-state index in [-0.39, 0.29) is 6.03 Å². The number of hydrogen-bond donors (Lipinski definition) is 1. The molecule has 0 saturated heterocycles. The van der Waals surface area contributed by atoms with Crippen LogP contribution in [0.1, 0.15) is 17.1 Å². The maximum Gasteiger partial charge on any atom is 0.322 e. The zero-order valence-corrected chi connectivity index (χ0v) is 14.4. The maximum absolute atomic E-state index is 12.4. The van der Waals surface area contributed by atoms with Gasteiger partial charge in [-0.15, -0.1) is 0 Å². The minimum Gasteiger partial charge on any atom is -0.475 e. The maximum atomic E-state index is 12.4. The first kappa shape index (κ1) is 17.1. The van der Waals surface area contributed by atoms with Crippen molar-refractivity contribution < 1.29 is 14.3 Å². The summed E-state index contributed by atoms with van der Waals surface area (Å²) < 4.78 is 10.3. The quantitative estimate of drug-likeness (QED) is 0.833. The highest BCUT2D eigenvalue weighted by atomic mass is 16.5. The molecular weight excluding hydrogens is 322 g/mol. The van der Waals surface area contributed by atoms with Crippen molar-refractivity contribution in [2.75, 3.05) is 32.2 Å². The molecule has 0 fully saturated rings. The Kier molecular flexibility index (Phi) is 5.39. The fraction of sp³-hybridized carbons (Fsp3) is 0.412. The van der Waals surface area contributed by atoms with Crippen LogP contribution in [-0.2, 0) is 17.7 Å². The summed E-state index contributed by atoms with van der Waals surface area (Å²) in [5.74, 6) is 1.25. The molecule has 0 unspecified atom stereocenters. The number of anilines is 1. The van der Waals surface area contributed by atoms with E-state index >= 15 is 0 Å². The molecule has 0 aliphatic carbocycles. The normalized spacial score (nSPS) is 13.3. The van der Waals surface area contributed by atoms with Crippen LogP contribution in [0.2, 0.25) is 0 Å². The summed E-state index contributed by atoms with van der Waals surface area (Å²) in [6.07, 6.45) is 4.10. The highest BCUT2D eigenvalue weighted by Crippen LogP contribution is 2.18. The Balaban J connectivity index is 1.56. The number of hydrogen-bond acceptors (Lipinski definition) is 6. The fourth-order valence-corrected chi connectivity index (χ4v) is 2.56. The number of rotatable bonds is 5. The van der Waals surface area contributed by atoms with E-state index in [0.29, 0.717) is 37.9 Å². The summed E-state index contributed by atoms with van der Waals surface area (Å²) in [4.78, 5) is 27.0. The fourth-order valence-electron chi connectivity index (χ4n) is 2.56. The minimum absolute atomic E-state index is 0.166. The molecule has 1 aliphatic rings. The largest absolute Gasteiger partial charge is 0.475 e. The van der Waals surface area contributed by atoms with Gasteiger partial charge in [-0.2, -0.15) is 0 Å². The zero-order chi connectivity index (χ0) is 17.6. The van der Waals surface area contributed by atoms with Crippen molar-refractivity contribution in [1.82, 2.24) is 19.9 Å². The summed E-state index contributed by atoms with van der Waals surface area (Å²) in [6, 6.07) is 3.31. The van der Waals surface area contributed by atoms with Gasteiger partial charge in [-0.05, 0) is 13.0 Å². The minimum atomic E-state index is -0.166. The van der Waals surface area contributed by atoms with Gasteiger partial charge in [-0.25, -0.2) is 19.7 Å². The topological polar surface area (TPSA) is 89.5 Å². The lowest BCUT2D eigenvalue weighted by Crippen LogP contribution is -2.39. The standard InChI is InChI=1S/C17H21N5O3/c1-12-18-9-13-11-22(6-5-15(13)20-12)17(23)21-14-3-4-16(19-10-14)25-8-7-24-2/h3-4,9-10H,5-8,11H2,1-2H3,(H,21,23). The summed E-state index contributed by atoms with van der Waals surface area (Å²) in [7, 11) is 1.61. The van der Waals surface area contributed by atoms with E-state index in [0.717, 1.165) is 23.5 Å². The van der Waals surface area contributed by atoms with E-state index in [4.69, 9.17) is 9.47 Å². The molecule has 0 aromatic carbocycles. The Morgan fingerprint density at radius 3 is 2.92 bits per heavy atom. The highest BCUT2D eigenvalue weighted by Gasteiger charge is 2.22. The van der Waals surface area contributed by atoms with Crippen molar-refractivity contribution in [3.8, 4) is 5.88 Å². The van der Waals surface area contributed by atoms with Crippen LogP contribution in [0.15, 0.2) is 24.5 Å². The number of fused-ring (bicyclic) bond motifs is 1. The van der Waals surface area contributed by atoms with Crippen molar-refractivity contribution in [3.63, 3.8) is 0 Å². The van der Waals surface area contributed by atoms with Gasteiger partial charge >= 0.3 is 6.03 Å². The van der Waals surface area contributed by atoms with Crippen molar-refractivity contribution in [2.24, 2.45) is 0 Å². The Hall–Kier alpha value is -2.74. The number of carbonyl (C=O) groups is 1. The molecular formula is C17H21N5O3. The molecule has 3 heterocycles. The van der Waals surface area contributed by atoms with E-state index in [1.807, 2.05) is 6.92 Å². The Morgan fingerprint density at radius 1 is 1.28 bits per heavy atom. The van der Waals surface area contributed by atoms with Gasteiger partial charge in [0.05, 0.1) is 30.7 Å². The Morgan fingerprint density at radius 2 is 2.16 bits per heavy atom. The molecule has 0 saturated carbocycles. The third-order valence-electron chi connectivity index (χ3n) is 3.87. The number of carbonyl (C=O) groups excluding carboxylic acids is 1. The van der Waals surface area contributed by atoms with Gasteiger partial charge in [-0.1, -0.05) is 0 Å². The zero-order valence-electron chi connectivity index (χ0n) is 14.4. The molecule has 2 aromatic heterocycles. The number of methoxy groups -OCH3 is 1. The predicted molar refractivity (Wildman–Crippen MR) is 91.5 cm³/mol.